The molecule has 2 nitrogen and oxygen atoms in total. The molecule has 0 spiro atoms. The summed E-state index contributed by atoms with van der Waals surface area (Å²) >= 11 is 2.11. The molecule has 0 unspecified atom stereocenters. The highest BCUT2D eigenvalue weighted by Gasteiger charge is 2.24. The third-order valence-corrected chi connectivity index (χ3v) is 4.11. The highest BCUT2D eigenvalue weighted by Crippen LogP contribution is 2.19. The summed E-state index contributed by atoms with van der Waals surface area (Å²) in [5.74, 6) is 2.65. The van der Waals surface area contributed by atoms with Gasteiger partial charge in [-0.25, -0.2) is 0 Å². The van der Waals surface area contributed by atoms with Crippen molar-refractivity contribution in [1.29, 1.82) is 0 Å². The van der Waals surface area contributed by atoms with E-state index >= 15 is 0 Å². The van der Waals surface area contributed by atoms with Crippen LogP contribution in [0.4, 0.5) is 0 Å². The lowest BCUT2D eigenvalue weighted by molar-refractivity contribution is 0.174. The second-order valence-electron chi connectivity index (χ2n) is 7.01. The molecule has 0 aromatic rings. The topological polar surface area (TPSA) is 15.3 Å². The Bertz CT molecular complexity index is 213. The summed E-state index contributed by atoms with van der Waals surface area (Å²) in [7, 11) is 0. The minimum atomic E-state index is 0.228. The second-order valence-corrected chi connectivity index (χ2v) is 8.23. The van der Waals surface area contributed by atoms with Gasteiger partial charge >= 0.3 is 0 Å². The van der Waals surface area contributed by atoms with Gasteiger partial charge in [0, 0.05) is 30.9 Å². The molecule has 102 valence electrons. The lowest BCUT2D eigenvalue weighted by atomic mass is 9.91. The summed E-state index contributed by atoms with van der Waals surface area (Å²) in [4.78, 5) is 2.64. The predicted molar refractivity (Wildman–Crippen MR) is 79.9 cm³/mol. The van der Waals surface area contributed by atoms with Crippen molar-refractivity contribution in [3.8, 4) is 0 Å². The Morgan fingerprint density at radius 3 is 2.41 bits per heavy atom. The van der Waals surface area contributed by atoms with Gasteiger partial charge in [-0.3, -0.25) is 0 Å². The van der Waals surface area contributed by atoms with Crippen LogP contribution in [0.1, 0.15) is 41.0 Å². The van der Waals surface area contributed by atoms with E-state index in [0.717, 1.165) is 6.54 Å². The van der Waals surface area contributed by atoms with Gasteiger partial charge in [-0.1, -0.05) is 13.8 Å². The van der Waals surface area contributed by atoms with Crippen molar-refractivity contribution in [3.05, 3.63) is 0 Å². The van der Waals surface area contributed by atoms with Crippen LogP contribution in [0.3, 0.4) is 0 Å². The van der Waals surface area contributed by atoms with Crippen molar-refractivity contribution >= 4 is 11.8 Å². The van der Waals surface area contributed by atoms with Crippen molar-refractivity contribution in [1.82, 2.24) is 10.2 Å². The maximum absolute atomic E-state index is 3.64. The first-order valence-electron chi connectivity index (χ1n) is 6.84. The van der Waals surface area contributed by atoms with Crippen LogP contribution in [0.5, 0.6) is 0 Å². The van der Waals surface area contributed by atoms with E-state index in [0.29, 0.717) is 5.41 Å². The molecule has 0 radical (unpaired) electrons. The molecule has 1 fully saturated rings. The third-order valence-electron chi connectivity index (χ3n) is 3.06. The van der Waals surface area contributed by atoms with E-state index in [1.54, 1.807) is 0 Å². The molecule has 1 N–H and O–H groups in total. The highest BCUT2D eigenvalue weighted by atomic mass is 32.2. The number of nitrogens with zero attached hydrogens (tertiary/aromatic N) is 1. The lowest BCUT2D eigenvalue weighted by Gasteiger charge is -2.34. The Labute approximate surface area is 112 Å². The number of hydrogen-bond donors (Lipinski definition) is 1. The molecule has 0 bridgehead atoms. The van der Waals surface area contributed by atoms with Gasteiger partial charge in [-0.05, 0) is 44.9 Å². The quantitative estimate of drug-likeness (QED) is 0.835. The largest absolute Gasteiger partial charge is 0.311 e. The Hall–Kier alpha value is 0.270. The van der Waals surface area contributed by atoms with Gasteiger partial charge in [-0.2, -0.15) is 11.8 Å². The molecule has 0 atom stereocenters. The molecule has 17 heavy (non-hydrogen) atoms. The van der Waals surface area contributed by atoms with Gasteiger partial charge < -0.3 is 10.2 Å². The number of thioether (sulfide) groups is 1. The van der Waals surface area contributed by atoms with Crippen molar-refractivity contribution in [2.45, 2.75) is 46.6 Å². The van der Waals surface area contributed by atoms with Gasteiger partial charge in [0.15, 0.2) is 0 Å². The fourth-order valence-electron chi connectivity index (χ4n) is 2.12. The summed E-state index contributed by atoms with van der Waals surface area (Å²) in [6.07, 6.45) is 1.35. The van der Waals surface area contributed by atoms with Crippen LogP contribution >= 0.6 is 11.8 Å². The summed E-state index contributed by atoms with van der Waals surface area (Å²) in [5.41, 5.74) is 0.591. The molecule has 0 aliphatic carbocycles. The molecule has 1 aliphatic rings. The Morgan fingerprint density at radius 1 is 1.06 bits per heavy atom. The number of rotatable bonds is 4. The second kappa shape index (κ2) is 6.44. The van der Waals surface area contributed by atoms with Crippen molar-refractivity contribution < 1.29 is 0 Å². The van der Waals surface area contributed by atoms with Gasteiger partial charge in [0.2, 0.25) is 0 Å². The Kier molecular flexibility index (Phi) is 5.81. The zero-order chi connectivity index (χ0) is 12.9. The molecular weight excluding hydrogens is 228 g/mol. The average Bonchev–Trinajstić information content (AvgIpc) is 2.42. The Balaban J connectivity index is 2.36. The van der Waals surface area contributed by atoms with E-state index in [1.165, 1.54) is 37.6 Å². The zero-order valence-corrected chi connectivity index (χ0v) is 13.1. The normalized spacial score (nSPS) is 20.3. The molecule has 1 saturated heterocycles. The maximum atomic E-state index is 3.64. The van der Waals surface area contributed by atoms with Crippen LogP contribution in [0.25, 0.3) is 0 Å². The first-order valence-corrected chi connectivity index (χ1v) is 7.99. The van der Waals surface area contributed by atoms with E-state index in [-0.39, 0.29) is 5.54 Å². The highest BCUT2D eigenvalue weighted by molar-refractivity contribution is 7.99. The smallest absolute Gasteiger partial charge is 0.00967 e. The summed E-state index contributed by atoms with van der Waals surface area (Å²) in [6.45, 7) is 16.4. The number of nitrogens with one attached hydrogen (secondary N) is 1. The van der Waals surface area contributed by atoms with Crippen LogP contribution in [0.2, 0.25) is 0 Å². The molecular formula is C14H30N2S. The van der Waals surface area contributed by atoms with E-state index in [4.69, 9.17) is 0 Å². The molecule has 1 rings (SSSR count). The minimum absolute atomic E-state index is 0.228. The molecule has 3 heteroatoms. The van der Waals surface area contributed by atoms with Gasteiger partial charge in [0.25, 0.3) is 0 Å². The van der Waals surface area contributed by atoms with Gasteiger partial charge in [0.05, 0.1) is 0 Å². The van der Waals surface area contributed by atoms with Crippen LogP contribution in [-0.4, -0.2) is 48.1 Å². The number of hydrogen-bond acceptors (Lipinski definition) is 3. The lowest BCUT2D eigenvalue weighted by Crippen LogP contribution is -2.46. The average molecular weight is 258 g/mol. The van der Waals surface area contributed by atoms with Crippen LogP contribution in [-0.2, 0) is 0 Å². The molecule has 0 amide bonds. The monoisotopic (exact) mass is 258 g/mol. The zero-order valence-electron chi connectivity index (χ0n) is 12.3. The van der Waals surface area contributed by atoms with Crippen molar-refractivity contribution in [2.75, 3.05) is 37.7 Å². The third kappa shape index (κ3) is 7.32. The molecule has 0 saturated carbocycles. The standard InChI is InChI=1S/C14H30N2S/c1-13(2,3)15-11-14(4,5)12-16-7-6-9-17-10-8-16/h15H,6-12H2,1-5H3. The summed E-state index contributed by atoms with van der Waals surface area (Å²) < 4.78 is 0. The van der Waals surface area contributed by atoms with Gasteiger partial charge in [0.1, 0.15) is 0 Å². The first-order chi connectivity index (χ1) is 7.79. The predicted octanol–water partition coefficient (Wildman–Crippen LogP) is 2.84. The van der Waals surface area contributed by atoms with Crippen LogP contribution in [0.15, 0.2) is 0 Å². The van der Waals surface area contributed by atoms with Crippen molar-refractivity contribution in [3.63, 3.8) is 0 Å². The first kappa shape index (κ1) is 15.3. The fraction of sp³-hybridized carbons (Fsp3) is 1.00. The molecule has 1 aliphatic heterocycles. The van der Waals surface area contributed by atoms with E-state index in [2.05, 4.69) is 56.6 Å². The van der Waals surface area contributed by atoms with Crippen LogP contribution < -0.4 is 5.32 Å². The van der Waals surface area contributed by atoms with Crippen LogP contribution in [0, 0.1) is 5.41 Å². The van der Waals surface area contributed by atoms with E-state index in [9.17, 15) is 0 Å². The molecule has 0 aromatic heterocycles. The summed E-state index contributed by atoms with van der Waals surface area (Å²) in [6, 6.07) is 0. The minimum Gasteiger partial charge on any atom is -0.311 e. The fourth-order valence-corrected chi connectivity index (χ4v) is 3.05. The SMILES string of the molecule is CC(C)(CNC(C)(C)C)CN1CCCSCC1. The molecule has 1 heterocycles. The van der Waals surface area contributed by atoms with Gasteiger partial charge in [-0.15, -0.1) is 0 Å². The van der Waals surface area contributed by atoms with E-state index in [1.807, 2.05) is 0 Å². The summed E-state index contributed by atoms with van der Waals surface area (Å²) in [5, 5.41) is 3.64. The molecule has 0 aromatic carbocycles. The maximum Gasteiger partial charge on any atom is 0.00967 e. The Morgan fingerprint density at radius 2 is 1.76 bits per heavy atom. The van der Waals surface area contributed by atoms with E-state index < -0.39 is 0 Å². The van der Waals surface area contributed by atoms with Crippen molar-refractivity contribution in [2.24, 2.45) is 5.41 Å².